The first-order chi connectivity index (χ1) is 8.15. The molecule has 17 heavy (non-hydrogen) atoms. The molecule has 0 radical (unpaired) electrons. The number of nitrogens with zero attached hydrogens (tertiary/aromatic N) is 1. The van der Waals surface area contributed by atoms with Gasteiger partial charge in [0.05, 0.1) is 0 Å². The van der Waals surface area contributed by atoms with E-state index in [1.807, 2.05) is 0 Å². The van der Waals surface area contributed by atoms with Gasteiger partial charge in [0.1, 0.15) is 0 Å². The van der Waals surface area contributed by atoms with E-state index in [4.69, 9.17) is 0 Å². The van der Waals surface area contributed by atoms with Crippen LogP contribution < -0.4 is 5.32 Å². The Labute approximate surface area is 105 Å². The van der Waals surface area contributed by atoms with Gasteiger partial charge in [0.15, 0.2) is 0 Å². The molecule has 1 N–H and O–H groups in total. The fourth-order valence-electron chi connectivity index (χ4n) is 2.28. The van der Waals surface area contributed by atoms with Crippen LogP contribution in [0.4, 0.5) is 0 Å². The largest absolute Gasteiger partial charge is 0.359 e. The SMILES string of the molecule is CC/C(C)=C/CCN1CC[C@@H](CC(=O)NC)C1. The summed E-state index contributed by atoms with van der Waals surface area (Å²) in [5.74, 6) is 0.741. The minimum atomic E-state index is 0.179. The van der Waals surface area contributed by atoms with Crippen LogP contribution in [0.3, 0.4) is 0 Å². The van der Waals surface area contributed by atoms with Gasteiger partial charge < -0.3 is 10.2 Å². The van der Waals surface area contributed by atoms with E-state index in [-0.39, 0.29) is 5.91 Å². The van der Waals surface area contributed by atoms with Crippen LogP contribution in [0, 0.1) is 5.92 Å². The first kappa shape index (κ1) is 14.2. The molecule has 1 heterocycles. The van der Waals surface area contributed by atoms with Crippen LogP contribution in [0.25, 0.3) is 0 Å². The Bertz CT molecular complexity index is 273. The van der Waals surface area contributed by atoms with Gasteiger partial charge in [-0.15, -0.1) is 0 Å². The van der Waals surface area contributed by atoms with Crippen LogP contribution in [-0.2, 0) is 4.79 Å². The number of nitrogens with one attached hydrogen (secondary N) is 1. The van der Waals surface area contributed by atoms with E-state index in [1.54, 1.807) is 7.05 Å². The van der Waals surface area contributed by atoms with E-state index in [9.17, 15) is 4.79 Å². The molecule has 0 bridgehead atoms. The van der Waals surface area contributed by atoms with Crippen LogP contribution >= 0.6 is 0 Å². The van der Waals surface area contributed by atoms with Crippen LogP contribution in [0.2, 0.25) is 0 Å². The van der Waals surface area contributed by atoms with Crippen molar-refractivity contribution in [1.82, 2.24) is 10.2 Å². The highest BCUT2D eigenvalue weighted by molar-refractivity contribution is 5.75. The topological polar surface area (TPSA) is 32.3 Å². The Balaban J connectivity index is 2.19. The van der Waals surface area contributed by atoms with Crippen molar-refractivity contribution in [2.75, 3.05) is 26.7 Å². The molecule has 0 saturated carbocycles. The van der Waals surface area contributed by atoms with Crippen LogP contribution in [-0.4, -0.2) is 37.5 Å². The molecule has 1 fully saturated rings. The van der Waals surface area contributed by atoms with E-state index in [2.05, 4.69) is 30.1 Å². The van der Waals surface area contributed by atoms with Crippen molar-refractivity contribution < 1.29 is 4.79 Å². The molecule has 0 spiro atoms. The van der Waals surface area contributed by atoms with Gasteiger partial charge in [0.2, 0.25) is 5.91 Å². The summed E-state index contributed by atoms with van der Waals surface area (Å²) in [4.78, 5) is 13.8. The van der Waals surface area contributed by atoms with E-state index < -0.39 is 0 Å². The molecule has 1 atom stereocenters. The van der Waals surface area contributed by atoms with E-state index in [1.165, 1.54) is 12.0 Å². The number of allylic oxidation sites excluding steroid dienone is 1. The van der Waals surface area contributed by atoms with Crippen molar-refractivity contribution in [3.05, 3.63) is 11.6 Å². The van der Waals surface area contributed by atoms with Crippen LogP contribution in [0.15, 0.2) is 11.6 Å². The lowest BCUT2D eigenvalue weighted by Crippen LogP contribution is -2.25. The molecule has 1 saturated heterocycles. The van der Waals surface area contributed by atoms with Crippen LogP contribution in [0.1, 0.15) is 39.5 Å². The molecule has 0 aromatic rings. The van der Waals surface area contributed by atoms with Crippen molar-refractivity contribution >= 4 is 5.91 Å². The normalized spacial score (nSPS) is 21.8. The highest BCUT2D eigenvalue weighted by Gasteiger charge is 2.23. The lowest BCUT2D eigenvalue weighted by Gasteiger charge is -2.14. The Morgan fingerprint density at radius 2 is 2.29 bits per heavy atom. The molecule has 0 aromatic carbocycles. The average molecular weight is 238 g/mol. The number of hydrogen-bond acceptors (Lipinski definition) is 2. The van der Waals surface area contributed by atoms with Crippen molar-refractivity contribution in [3.8, 4) is 0 Å². The van der Waals surface area contributed by atoms with Gasteiger partial charge in [-0.2, -0.15) is 0 Å². The molecule has 0 unspecified atom stereocenters. The third-order valence-electron chi connectivity index (χ3n) is 3.62. The van der Waals surface area contributed by atoms with Gasteiger partial charge in [-0.1, -0.05) is 18.6 Å². The summed E-state index contributed by atoms with van der Waals surface area (Å²) < 4.78 is 0. The number of carbonyl (C=O) groups is 1. The Hall–Kier alpha value is -0.830. The van der Waals surface area contributed by atoms with Crippen molar-refractivity contribution in [2.24, 2.45) is 5.92 Å². The maximum absolute atomic E-state index is 11.3. The predicted molar refractivity (Wildman–Crippen MR) is 71.9 cm³/mol. The molecule has 0 aliphatic carbocycles. The predicted octanol–water partition coefficient (Wildman–Crippen LogP) is 2.19. The first-order valence-electron chi connectivity index (χ1n) is 6.74. The molecule has 0 aromatic heterocycles. The number of likely N-dealkylation sites (tertiary alicyclic amines) is 1. The number of hydrogen-bond donors (Lipinski definition) is 1. The lowest BCUT2D eigenvalue weighted by atomic mass is 10.0. The molecule has 1 aliphatic heterocycles. The maximum Gasteiger partial charge on any atom is 0.220 e. The molecule has 1 amide bonds. The highest BCUT2D eigenvalue weighted by Crippen LogP contribution is 2.19. The molecule has 98 valence electrons. The van der Waals surface area contributed by atoms with Crippen molar-refractivity contribution in [1.29, 1.82) is 0 Å². The number of carbonyl (C=O) groups excluding carboxylic acids is 1. The highest BCUT2D eigenvalue weighted by atomic mass is 16.1. The summed E-state index contributed by atoms with van der Waals surface area (Å²) in [5, 5.41) is 2.71. The summed E-state index contributed by atoms with van der Waals surface area (Å²) >= 11 is 0. The zero-order chi connectivity index (χ0) is 12.7. The van der Waals surface area contributed by atoms with Crippen molar-refractivity contribution in [2.45, 2.75) is 39.5 Å². The smallest absolute Gasteiger partial charge is 0.220 e. The second kappa shape index (κ2) is 7.49. The Kier molecular flexibility index (Phi) is 6.27. The molecule has 1 rings (SSSR count). The Morgan fingerprint density at radius 1 is 1.53 bits per heavy atom. The number of rotatable bonds is 6. The molecular weight excluding hydrogens is 212 g/mol. The first-order valence-corrected chi connectivity index (χ1v) is 6.74. The summed E-state index contributed by atoms with van der Waals surface area (Å²) in [5.41, 5.74) is 1.48. The molecule has 1 aliphatic rings. The summed E-state index contributed by atoms with van der Waals surface area (Å²) in [6.45, 7) is 7.77. The zero-order valence-electron chi connectivity index (χ0n) is 11.5. The molecule has 3 heteroatoms. The van der Waals surface area contributed by atoms with Gasteiger partial charge in [0.25, 0.3) is 0 Å². The minimum Gasteiger partial charge on any atom is -0.359 e. The quantitative estimate of drug-likeness (QED) is 0.719. The standard InChI is InChI=1S/C14H26N2O/c1-4-12(2)6-5-8-16-9-7-13(11-16)10-14(17)15-3/h6,13H,4-5,7-11H2,1-3H3,(H,15,17)/b12-6+/t13-/m0/s1. The van der Waals surface area contributed by atoms with Gasteiger partial charge in [-0.25, -0.2) is 0 Å². The summed E-state index contributed by atoms with van der Waals surface area (Å²) in [6.07, 6.45) is 6.50. The fourth-order valence-corrected chi connectivity index (χ4v) is 2.28. The van der Waals surface area contributed by atoms with E-state index in [0.717, 1.165) is 32.5 Å². The lowest BCUT2D eigenvalue weighted by molar-refractivity contribution is -0.121. The summed E-state index contributed by atoms with van der Waals surface area (Å²) in [7, 11) is 1.72. The van der Waals surface area contributed by atoms with Gasteiger partial charge in [-0.05, 0) is 38.6 Å². The summed E-state index contributed by atoms with van der Waals surface area (Å²) in [6, 6.07) is 0. The van der Waals surface area contributed by atoms with Gasteiger partial charge in [0, 0.05) is 26.6 Å². The monoisotopic (exact) mass is 238 g/mol. The van der Waals surface area contributed by atoms with Gasteiger partial charge >= 0.3 is 0 Å². The Morgan fingerprint density at radius 3 is 2.94 bits per heavy atom. The maximum atomic E-state index is 11.3. The molecular formula is C14H26N2O. The third kappa shape index (κ3) is 5.35. The van der Waals surface area contributed by atoms with Crippen molar-refractivity contribution in [3.63, 3.8) is 0 Å². The van der Waals surface area contributed by atoms with E-state index >= 15 is 0 Å². The second-order valence-corrected chi connectivity index (χ2v) is 5.03. The minimum absolute atomic E-state index is 0.179. The zero-order valence-corrected chi connectivity index (χ0v) is 11.5. The van der Waals surface area contributed by atoms with E-state index in [0.29, 0.717) is 12.3 Å². The average Bonchev–Trinajstić information content (AvgIpc) is 2.76. The van der Waals surface area contributed by atoms with Crippen LogP contribution in [0.5, 0.6) is 0 Å². The second-order valence-electron chi connectivity index (χ2n) is 5.03. The van der Waals surface area contributed by atoms with Gasteiger partial charge in [-0.3, -0.25) is 4.79 Å². The number of amides is 1. The molecule has 3 nitrogen and oxygen atoms in total. The fraction of sp³-hybridized carbons (Fsp3) is 0.786. The third-order valence-corrected chi connectivity index (χ3v) is 3.62.